The zero-order valence-corrected chi connectivity index (χ0v) is 10.2. The van der Waals surface area contributed by atoms with Crippen LogP contribution in [0, 0.1) is 0 Å². The minimum Gasteiger partial charge on any atom is -0.377 e. The summed E-state index contributed by atoms with van der Waals surface area (Å²) in [6.07, 6.45) is 4.02. The lowest BCUT2D eigenvalue weighted by Crippen LogP contribution is -2.48. The van der Waals surface area contributed by atoms with E-state index >= 15 is 0 Å². The summed E-state index contributed by atoms with van der Waals surface area (Å²) in [6, 6.07) is 4.14. The molecule has 0 spiro atoms. The third-order valence-corrected chi connectivity index (χ3v) is 3.76. The van der Waals surface area contributed by atoms with Crippen molar-refractivity contribution in [1.82, 2.24) is 4.98 Å². The number of nitrogens with two attached hydrogens (primary N) is 1. The first kappa shape index (κ1) is 11.6. The normalized spacial score (nSPS) is 21.9. The van der Waals surface area contributed by atoms with E-state index in [1.54, 1.807) is 7.11 Å². The van der Waals surface area contributed by atoms with Crippen molar-refractivity contribution in [2.75, 3.05) is 7.11 Å². The lowest BCUT2D eigenvalue weighted by Gasteiger charge is -2.34. The fourth-order valence-electron chi connectivity index (χ4n) is 2.41. The fourth-order valence-corrected chi connectivity index (χ4v) is 2.41. The SMILES string of the molecule is COC(C)(C)C(N)C1CCc2cccnc21. The van der Waals surface area contributed by atoms with Crippen molar-refractivity contribution in [3.8, 4) is 0 Å². The largest absolute Gasteiger partial charge is 0.377 e. The van der Waals surface area contributed by atoms with Gasteiger partial charge in [0.25, 0.3) is 0 Å². The number of ether oxygens (including phenoxy) is 1. The highest BCUT2D eigenvalue weighted by Crippen LogP contribution is 2.36. The number of fused-ring (bicyclic) bond motifs is 1. The predicted molar refractivity (Wildman–Crippen MR) is 64.4 cm³/mol. The number of hydrogen-bond acceptors (Lipinski definition) is 3. The van der Waals surface area contributed by atoms with Gasteiger partial charge in [0, 0.05) is 31.0 Å². The summed E-state index contributed by atoms with van der Waals surface area (Å²) in [4.78, 5) is 4.47. The number of rotatable bonds is 3. The monoisotopic (exact) mass is 220 g/mol. The quantitative estimate of drug-likeness (QED) is 0.846. The zero-order chi connectivity index (χ0) is 11.8. The summed E-state index contributed by atoms with van der Waals surface area (Å²) in [7, 11) is 1.72. The summed E-state index contributed by atoms with van der Waals surface area (Å²) in [5, 5.41) is 0. The number of pyridine rings is 1. The molecule has 0 saturated heterocycles. The van der Waals surface area contributed by atoms with Crippen LogP contribution in [-0.2, 0) is 11.2 Å². The number of methoxy groups -OCH3 is 1. The van der Waals surface area contributed by atoms with E-state index < -0.39 is 0 Å². The summed E-state index contributed by atoms with van der Waals surface area (Å²) >= 11 is 0. The van der Waals surface area contributed by atoms with E-state index in [1.807, 2.05) is 26.1 Å². The minimum atomic E-state index is -0.302. The standard InChI is InChI=1S/C13H20N2O/c1-13(2,16-3)12(14)10-7-6-9-5-4-8-15-11(9)10/h4-5,8,10,12H,6-7,14H2,1-3H3. The number of nitrogens with zero attached hydrogens (tertiary/aromatic N) is 1. The smallest absolute Gasteiger partial charge is 0.0779 e. The van der Waals surface area contributed by atoms with Gasteiger partial charge in [0.05, 0.1) is 5.60 Å². The van der Waals surface area contributed by atoms with Crippen LogP contribution in [0.3, 0.4) is 0 Å². The molecule has 0 bridgehead atoms. The Kier molecular flexibility index (Phi) is 3.00. The molecule has 0 aliphatic heterocycles. The summed E-state index contributed by atoms with van der Waals surface area (Å²) < 4.78 is 5.47. The van der Waals surface area contributed by atoms with Gasteiger partial charge in [0.15, 0.2) is 0 Å². The minimum absolute atomic E-state index is 0.00588. The second-order valence-corrected chi connectivity index (χ2v) is 5.03. The lowest BCUT2D eigenvalue weighted by molar-refractivity contribution is -0.00678. The summed E-state index contributed by atoms with van der Waals surface area (Å²) in [5.41, 5.74) is 8.52. The molecule has 1 aliphatic carbocycles. The number of aromatic nitrogens is 1. The van der Waals surface area contributed by atoms with E-state index in [0.29, 0.717) is 5.92 Å². The average Bonchev–Trinajstić information content (AvgIpc) is 2.71. The first-order chi connectivity index (χ1) is 7.56. The van der Waals surface area contributed by atoms with Crippen molar-refractivity contribution in [1.29, 1.82) is 0 Å². The highest BCUT2D eigenvalue weighted by atomic mass is 16.5. The van der Waals surface area contributed by atoms with E-state index in [-0.39, 0.29) is 11.6 Å². The van der Waals surface area contributed by atoms with Crippen LogP contribution in [0.4, 0.5) is 0 Å². The molecular weight excluding hydrogens is 200 g/mol. The van der Waals surface area contributed by atoms with E-state index in [1.165, 1.54) is 11.3 Å². The number of aryl methyl sites for hydroxylation is 1. The molecule has 88 valence electrons. The molecule has 1 heterocycles. The van der Waals surface area contributed by atoms with Crippen molar-refractivity contribution in [3.05, 3.63) is 29.6 Å². The molecule has 3 nitrogen and oxygen atoms in total. The van der Waals surface area contributed by atoms with Crippen LogP contribution in [0.25, 0.3) is 0 Å². The molecule has 1 aromatic heterocycles. The van der Waals surface area contributed by atoms with Crippen molar-refractivity contribution >= 4 is 0 Å². The van der Waals surface area contributed by atoms with Gasteiger partial charge >= 0.3 is 0 Å². The molecule has 0 radical (unpaired) electrons. The Labute approximate surface area is 97.0 Å². The van der Waals surface area contributed by atoms with Crippen LogP contribution in [0.2, 0.25) is 0 Å². The van der Waals surface area contributed by atoms with Crippen molar-refractivity contribution < 1.29 is 4.74 Å². The Balaban J connectivity index is 2.25. The van der Waals surface area contributed by atoms with E-state index in [9.17, 15) is 0 Å². The summed E-state index contributed by atoms with van der Waals surface area (Å²) in [6.45, 7) is 4.08. The molecule has 3 heteroatoms. The van der Waals surface area contributed by atoms with E-state index in [2.05, 4.69) is 11.1 Å². The summed E-state index contributed by atoms with van der Waals surface area (Å²) in [5.74, 6) is 0.325. The van der Waals surface area contributed by atoms with Gasteiger partial charge in [-0.25, -0.2) is 0 Å². The molecule has 2 atom stereocenters. The molecule has 0 fully saturated rings. The van der Waals surface area contributed by atoms with Crippen LogP contribution < -0.4 is 5.73 Å². The van der Waals surface area contributed by atoms with Gasteiger partial charge in [-0.3, -0.25) is 4.98 Å². The molecule has 0 amide bonds. The Morgan fingerprint density at radius 1 is 1.56 bits per heavy atom. The van der Waals surface area contributed by atoms with E-state index in [4.69, 9.17) is 10.5 Å². The van der Waals surface area contributed by atoms with Crippen molar-refractivity contribution in [2.24, 2.45) is 5.73 Å². The second-order valence-electron chi connectivity index (χ2n) is 5.03. The van der Waals surface area contributed by atoms with Gasteiger partial charge in [-0.15, -0.1) is 0 Å². The highest BCUT2D eigenvalue weighted by Gasteiger charge is 2.37. The molecule has 1 aliphatic rings. The van der Waals surface area contributed by atoms with Crippen LogP contribution in [-0.4, -0.2) is 23.7 Å². The molecule has 2 unspecified atom stereocenters. The molecule has 1 aromatic rings. The van der Waals surface area contributed by atoms with E-state index in [0.717, 1.165) is 12.8 Å². The maximum absolute atomic E-state index is 6.32. The van der Waals surface area contributed by atoms with Gasteiger partial charge in [-0.1, -0.05) is 6.07 Å². The third-order valence-electron chi connectivity index (χ3n) is 3.76. The topological polar surface area (TPSA) is 48.1 Å². The highest BCUT2D eigenvalue weighted by molar-refractivity contribution is 5.30. The Morgan fingerprint density at radius 2 is 2.31 bits per heavy atom. The molecule has 2 N–H and O–H groups in total. The number of hydrogen-bond donors (Lipinski definition) is 1. The van der Waals surface area contributed by atoms with Gasteiger partial charge in [0.1, 0.15) is 0 Å². The average molecular weight is 220 g/mol. The van der Waals surface area contributed by atoms with Crippen LogP contribution in [0.5, 0.6) is 0 Å². The van der Waals surface area contributed by atoms with Gasteiger partial charge in [-0.05, 0) is 38.3 Å². The first-order valence-corrected chi connectivity index (χ1v) is 5.81. The Hall–Kier alpha value is -0.930. The molecular formula is C13H20N2O. The maximum atomic E-state index is 6.32. The van der Waals surface area contributed by atoms with Crippen LogP contribution in [0.15, 0.2) is 18.3 Å². The first-order valence-electron chi connectivity index (χ1n) is 5.81. The van der Waals surface area contributed by atoms with Crippen molar-refractivity contribution in [2.45, 2.75) is 44.2 Å². The van der Waals surface area contributed by atoms with Gasteiger partial charge < -0.3 is 10.5 Å². The second kappa shape index (κ2) is 4.15. The van der Waals surface area contributed by atoms with Gasteiger partial charge in [-0.2, -0.15) is 0 Å². The van der Waals surface area contributed by atoms with Crippen molar-refractivity contribution in [3.63, 3.8) is 0 Å². The fraction of sp³-hybridized carbons (Fsp3) is 0.615. The third kappa shape index (κ3) is 1.85. The lowest BCUT2D eigenvalue weighted by atomic mass is 9.86. The van der Waals surface area contributed by atoms with Crippen LogP contribution in [0.1, 0.15) is 37.4 Å². The molecule has 2 rings (SSSR count). The Morgan fingerprint density at radius 3 is 3.00 bits per heavy atom. The molecule has 16 heavy (non-hydrogen) atoms. The molecule has 0 aromatic carbocycles. The maximum Gasteiger partial charge on any atom is 0.0779 e. The molecule has 0 saturated carbocycles. The Bertz CT molecular complexity index is 376. The predicted octanol–water partition coefficient (Wildman–Crippen LogP) is 1.86. The zero-order valence-electron chi connectivity index (χ0n) is 10.2. The van der Waals surface area contributed by atoms with Gasteiger partial charge in [0.2, 0.25) is 0 Å². The van der Waals surface area contributed by atoms with Crippen LogP contribution >= 0.6 is 0 Å².